The fourth-order valence-corrected chi connectivity index (χ4v) is 1.23. The lowest BCUT2D eigenvalue weighted by atomic mass is 9.71. The van der Waals surface area contributed by atoms with E-state index in [4.69, 9.17) is 0 Å². The Hall–Kier alpha value is -0.660. The SMILES string of the molecule is CCC(C)(C)C(=O)C(C)(C=O)CC. The van der Waals surface area contributed by atoms with Gasteiger partial charge in [-0.15, -0.1) is 0 Å². The van der Waals surface area contributed by atoms with Crippen molar-refractivity contribution in [3.8, 4) is 0 Å². The third-order valence-corrected chi connectivity index (χ3v) is 3.01. The predicted molar refractivity (Wildman–Crippen MR) is 53.5 cm³/mol. The zero-order valence-electron chi connectivity index (χ0n) is 9.31. The zero-order valence-corrected chi connectivity index (χ0v) is 9.31. The van der Waals surface area contributed by atoms with Crippen LogP contribution in [0.1, 0.15) is 47.5 Å². The fraction of sp³-hybridized carbons (Fsp3) is 0.818. The Bertz CT molecular complexity index is 206. The van der Waals surface area contributed by atoms with Crippen molar-refractivity contribution in [2.24, 2.45) is 10.8 Å². The molecule has 1 atom stereocenters. The second-order valence-electron chi connectivity index (χ2n) is 4.46. The molecule has 0 aliphatic carbocycles. The number of aldehydes is 1. The number of Topliss-reactive ketones (excluding diaryl/α,β-unsaturated/α-hetero) is 1. The molecule has 13 heavy (non-hydrogen) atoms. The Morgan fingerprint density at radius 2 is 1.62 bits per heavy atom. The number of rotatable bonds is 5. The minimum atomic E-state index is -0.792. The van der Waals surface area contributed by atoms with Crippen LogP contribution in [0.3, 0.4) is 0 Å². The molecule has 0 bridgehead atoms. The maximum Gasteiger partial charge on any atom is 0.151 e. The average molecular weight is 184 g/mol. The van der Waals surface area contributed by atoms with Crippen LogP contribution < -0.4 is 0 Å². The third kappa shape index (κ3) is 2.39. The van der Waals surface area contributed by atoms with Crippen LogP contribution >= 0.6 is 0 Å². The monoisotopic (exact) mass is 184 g/mol. The average Bonchev–Trinajstić information content (AvgIpc) is 2.15. The van der Waals surface area contributed by atoms with E-state index in [2.05, 4.69) is 0 Å². The number of hydrogen-bond acceptors (Lipinski definition) is 2. The van der Waals surface area contributed by atoms with Crippen molar-refractivity contribution in [3.63, 3.8) is 0 Å². The first-order valence-corrected chi connectivity index (χ1v) is 4.85. The molecule has 0 radical (unpaired) electrons. The summed E-state index contributed by atoms with van der Waals surface area (Å²) in [7, 11) is 0. The van der Waals surface area contributed by atoms with Crippen LogP contribution in [0, 0.1) is 10.8 Å². The van der Waals surface area contributed by atoms with E-state index in [9.17, 15) is 9.59 Å². The van der Waals surface area contributed by atoms with Gasteiger partial charge in [0.25, 0.3) is 0 Å². The molecule has 0 saturated heterocycles. The molecule has 1 unspecified atom stereocenters. The summed E-state index contributed by atoms with van der Waals surface area (Å²) in [5, 5.41) is 0. The van der Waals surface area contributed by atoms with Crippen molar-refractivity contribution >= 4 is 12.1 Å². The summed E-state index contributed by atoms with van der Waals surface area (Å²) >= 11 is 0. The second kappa shape index (κ2) is 4.03. The highest BCUT2D eigenvalue weighted by Gasteiger charge is 2.39. The Kier molecular flexibility index (Phi) is 3.83. The van der Waals surface area contributed by atoms with Crippen LogP contribution in [0.2, 0.25) is 0 Å². The van der Waals surface area contributed by atoms with Gasteiger partial charge in [-0.25, -0.2) is 0 Å². The first-order chi connectivity index (χ1) is 5.84. The van der Waals surface area contributed by atoms with E-state index in [1.165, 1.54) is 0 Å². The number of hydrogen-bond donors (Lipinski definition) is 0. The van der Waals surface area contributed by atoms with Crippen LogP contribution in [0.25, 0.3) is 0 Å². The molecule has 2 nitrogen and oxygen atoms in total. The lowest BCUT2D eigenvalue weighted by Gasteiger charge is -2.30. The quantitative estimate of drug-likeness (QED) is 0.486. The molecule has 0 rings (SSSR count). The lowest BCUT2D eigenvalue weighted by Crippen LogP contribution is -2.39. The van der Waals surface area contributed by atoms with Gasteiger partial charge in [-0.1, -0.05) is 27.7 Å². The lowest BCUT2D eigenvalue weighted by molar-refractivity contribution is -0.141. The van der Waals surface area contributed by atoms with Gasteiger partial charge in [-0.3, -0.25) is 4.79 Å². The van der Waals surface area contributed by atoms with Crippen molar-refractivity contribution in [1.29, 1.82) is 0 Å². The first-order valence-electron chi connectivity index (χ1n) is 4.85. The molecule has 2 heteroatoms. The molecule has 0 aliphatic rings. The number of ketones is 1. The van der Waals surface area contributed by atoms with Crippen molar-refractivity contribution < 1.29 is 9.59 Å². The molecule has 0 saturated carbocycles. The molecule has 0 aromatic heterocycles. The molecular formula is C11H20O2. The molecule has 76 valence electrons. The zero-order chi connectivity index (χ0) is 10.7. The molecule has 0 aromatic rings. The van der Waals surface area contributed by atoms with E-state index in [-0.39, 0.29) is 11.2 Å². The Labute approximate surface area is 80.7 Å². The van der Waals surface area contributed by atoms with E-state index < -0.39 is 5.41 Å². The van der Waals surface area contributed by atoms with Gasteiger partial charge < -0.3 is 4.79 Å². The minimum absolute atomic E-state index is 0.0556. The van der Waals surface area contributed by atoms with E-state index in [0.29, 0.717) is 6.42 Å². The van der Waals surface area contributed by atoms with Crippen LogP contribution in [0.4, 0.5) is 0 Å². The van der Waals surface area contributed by atoms with Crippen molar-refractivity contribution in [1.82, 2.24) is 0 Å². The fourth-order valence-electron chi connectivity index (χ4n) is 1.23. The summed E-state index contributed by atoms with van der Waals surface area (Å²) in [6.45, 7) is 9.36. The van der Waals surface area contributed by atoms with E-state index in [1.54, 1.807) is 6.92 Å². The minimum Gasteiger partial charge on any atom is -0.302 e. The van der Waals surface area contributed by atoms with Gasteiger partial charge in [0.2, 0.25) is 0 Å². The smallest absolute Gasteiger partial charge is 0.151 e. The van der Waals surface area contributed by atoms with E-state index in [1.807, 2.05) is 27.7 Å². The van der Waals surface area contributed by atoms with Gasteiger partial charge in [0.15, 0.2) is 5.78 Å². The molecule has 0 fully saturated rings. The third-order valence-electron chi connectivity index (χ3n) is 3.01. The molecular weight excluding hydrogens is 164 g/mol. The van der Waals surface area contributed by atoms with Crippen molar-refractivity contribution in [2.45, 2.75) is 47.5 Å². The van der Waals surface area contributed by atoms with Crippen LogP contribution in [-0.2, 0) is 9.59 Å². The Balaban J connectivity index is 4.86. The van der Waals surface area contributed by atoms with E-state index >= 15 is 0 Å². The van der Waals surface area contributed by atoms with Gasteiger partial charge in [0.05, 0.1) is 5.41 Å². The van der Waals surface area contributed by atoms with Crippen LogP contribution in [0.15, 0.2) is 0 Å². The van der Waals surface area contributed by atoms with E-state index in [0.717, 1.165) is 12.7 Å². The van der Waals surface area contributed by atoms with Crippen LogP contribution in [0.5, 0.6) is 0 Å². The maximum atomic E-state index is 11.9. The highest BCUT2D eigenvalue weighted by atomic mass is 16.1. The molecule has 0 aliphatic heterocycles. The van der Waals surface area contributed by atoms with Crippen LogP contribution in [-0.4, -0.2) is 12.1 Å². The largest absolute Gasteiger partial charge is 0.302 e. The van der Waals surface area contributed by atoms with Gasteiger partial charge in [-0.05, 0) is 19.8 Å². The summed E-state index contributed by atoms with van der Waals surface area (Å²) < 4.78 is 0. The van der Waals surface area contributed by atoms with Gasteiger partial charge in [0, 0.05) is 5.41 Å². The highest BCUT2D eigenvalue weighted by molar-refractivity contribution is 6.00. The van der Waals surface area contributed by atoms with Crippen molar-refractivity contribution in [3.05, 3.63) is 0 Å². The summed E-state index contributed by atoms with van der Waals surface area (Å²) in [5.41, 5.74) is -1.18. The predicted octanol–water partition coefficient (Wildman–Crippen LogP) is 2.61. The second-order valence-corrected chi connectivity index (χ2v) is 4.46. The molecule has 0 N–H and O–H groups in total. The maximum absolute atomic E-state index is 11.9. The Morgan fingerprint density at radius 1 is 1.15 bits per heavy atom. The Morgan fingerprint density at radius 3 is 1.85 bits per heavy atom. The molecule has 0 spiro atoms. The molecule has 0 amide bonds. The van der Waals surface area contributed by atoms with Gasteiger partial charge in [0.1, 0.15) is 6.29 Å². The van der Waals surface area contributed by atoms with Gasteiger partial charge >= 0.3 is 0 Å². The topological polar surface area (TPSA) is 34.1 Å². The summed E-state index contributed by atoms with van der Waals surface area (Å²) in [6, 6.07) is 0. The number of carbonyl (C=O) groups is 2. The molecule has 0 aromatic carbocycles. The highest BCUT2D eigenvalue weighted by Crippen LogP contribution is 2.32. The summed E-state index contributed by atoms with van der Waals surface area (Å²) in [4.78, 5) is 22.8. The number of carbonyl (C=O) groups excluding carboxylic acids is 2. The van der Waals surface area contributed by atoms with Crippen molar-refractivity contribution in [2.75, 3.05) is 0 Å². The standard InChI is InChI=1S/C11H20O2/c1-6-10(3,4)9(13)11(5,7-2)8-12/h8H,6-7H2,1-5H3. The van der Waals surface area contributed by atoms with Gasteiger partial charge in [-0.2, -0.15) is 0 Å². The first kappa shape index (κ1) is 12.3. The normalized spacial score (nSPS) is 16.4. The summed E-state index contributed by atoms with van der Waals surface area (Å²) in [5.74, 6) is 0.0556. The molecule has 0 heterocycles. The summed E-state index contributed by atoms with van der Waals surface area (Å²) in [6.07, 6.45) is 2.14.